The monoisotopic (exact) mass is 504 g/mol. The fourth-order valence-electron chi connectivity index (χ4n) is 3.42. The van der Waals surface area contributed by atoms with Gasteiger partial charge in [0.15, 0.2) is 0 Å². The molecule has 26 heavy (non-hydrogen) atoms. The largest absolute Gasteiger partial charge is 0.334 e. The Labute approximate surface area is 180 Å². The second-order valence-corrected chi connectivity index (χ2v) is 8.79. The number of thiocarbonyl (C=S) groups is 2. The van der Waals surface area contributed by atoms with Gasteiger partial charge < -0.3 is 9.80 Å². The Hall–Kier alpha value is -1.34. The summed E-state index contributed by atoms with van der Waals surface area (Å²) in [6, 6.07) is 16.5. The summed E-state index contributed by atoms with van der Waals surface area (Å²) in [5.41, 5.74) is 6.46. The number of rotatable bonds is 2. The van der Waals surface area contributed by atoms with Gasteiger partial charge in [0.25, 0.3) is 0 Å². The molecule has 0 unspecified atom stereocenters. The number of halogens is 2. The van der Waals surface area contributed by atoms with Gasteiger partial charge in [-0.1, -0.05) is 80.6 Å². The van der Waals surface area contributed by atoms with E-state index in [0.717, 1.165) is 52.6 Å². The molecule has 2 aromatic carbocycles. The van der Waals surface area contributed by atoms with Gasteiger partial charge in [0.1, 0.15) is 9.98 Å². The van der Waals surface area contributed by atoms with Crippen LogP contribution >= 0.6 is 56.3 Å². The lowest BCUT2D eigenvalue weighted by molar-refractivity contribution is 0.726. The molecule has 0 amide bonds. The Kier molecular flexibility index (Phi) is 4.63. The first-order valence-electron chi connectivity index (χ1n) is 7.97. The van der Waals surface area contributed by atoms with E-state index in [2.05, 4.69) is 65.9 Å². The van der Waals surface area contributed by atoms with Crippen LogP contribution in [0.3, 0.4) is 0 Å². The van der Waals surface area contributed by atoms with Gasteiger partial charge in [-0.25, -0.2) is 0 Å². The molecule has 2 heterocycles. The van der Waals surface area contributed by atoms with E-state index < -0.39 is 0 Å². The molecule has 0 radical (unpaired) electrons. The van der Waals surface area contributed by atoms with Crippen molar-refractivity contribution in [1.82, 2.24) is 9.80 Å². The zero-order valence-electron chi connectivity index (χ0n) is 14.1. The van der Waals surface area contributed by atoms with Crippen LogP contribution in [0.15, 0.2) is 68.6 Å². The zero-order valence-corrected chi connectivity index (χ0v) is 18.9. The summed E-state index contributed by atoms with van der Waals surface area (Å²) in [6.07, 6.45) is 0. The molecule has 0 saturated carbocycles. The topological polar surface area (TPSA) is 6.48 Å². The number of nitrogens with zero attached hydrogens (tertiary/aromatic N) is 2. The standard InChI is InChI=1S/C20H14Br2N2S2/c1-23-17(11-3-7-13(21)8-4-11)15-16(19(23)25)18(24(2)20(15)26)12-5-9-14(22)10-6-12/h3-10H,1-2H3. The molecule has 2 aromatic rings. The van der Waals surface area contributed by atoms with E-state index in [1.54, 1.807) is 0 Å². The fourth-order valence-corrected chi connectivity index (χ4v) is 4.53. The molecule has 4 rings (SSSR count). The third-order valence-corrected chi connectivity index (χ3v) is 6.68. The maximum atomic E-state index is 5.81. The third-order valence-electron chi connectivity index (χ3n) is 4.67. The minimum absolute atomic E-state index is 0.808. The lowest BCUT2D eigenvalue weighted by atomic mass is 10.0. The zero-order chi connectivity index (χ0) is 18.6. The van der Waals surface area contributed by atoms with Crippen molar-refractivity contribution in [1.29, 1.82) is 0 Å². The molecule has 0 saturated heterocycles. The van der Waals surface area contributed by atoms with Crippen molar-refractivity contribution in [2.75, 3.05) is 14.1 Å². The third kappa shape index (κ3) is 2.71. The van der Waals surface area contributed by atoms with Crippen LogP contribution in [0.5, 0.6) is 0 Å². The van der Waals surface area contributed by atoms with Crippen LogP contribution in [-0.4, -0.2) is 33.9 Å². The normalized spacial score (nSPS) is 16.9. The highest BCUT2D eigenvalue weighted by Crippen LogP contribution is 2.46. The summed E-state index contributed by atoms with van der Waals surface area (Å²) >= 11 is 18.6. The molecule has 2 aliphatic heterocycles. The van der Waals surface area contributed by atoms with E-state index >= 15 is 0 Å². The van der Waals surface area contributed by atoms with Crippen molar-refractivity contribution >= 4 is 77.7 Å². The minimum atomic E-state index is 0.808. The molecule has 0 fully saturated rings. The molecule has 0 atom stereocenters. The van der Waals surface area contributed by atoms with Crippen molar-refractivity contribution < 1.29 is 0 Å². The average molecular weight is 506 g/mol. The van der Waals surface area contributed by atoms with Crippen LogP contribution in [0.25, 0.3) is 11.4 Å². The van der Waals surface area contributed by atoms with E-state index in [1.165, 1.54) is 0 Å². The molecule has 0 aromatic heterocycles. The second-order valence-electron chi connectivity index (χ2n) is 6.19. The molecule has 0 bridgehead atoms. The molecular weight excluding hydrogens is 492 g/mol. The Morgan fingerprint density at radius 3 is 1.23 bits per heavy atom. The van der Waals surface area contributed by atoms with Crippen LogP contribution in [0.1, 0.15) is 11.1 Å². The minimum Gasteiger partial charge on any atom is -0.334 e. The van der Waals surface area contributed by atoms with Gasteiger partial charge in [-0.3, -0.25) is 0 Å². The van der Waals surface area contributed by atoms with Crippen molar-refractivity contribution in [3.63, 3.8) is 0 Å². The highest BCUT2D eigenvalue weighted by molar-refractivity contribution is 9.10. The summed E-state index contributed by atoms with van der Waals surface area (Å²) in [4.78, 5) is 5.76. The van der Waals surface area contributed by atoms with Crippen molar-refractivity contribution in [3.8, 4) is 0 Å². The summed E-state index contributed by atoms with van der Waals surface area (Å²) in [6.45, 7) is 0. The number of likely N-dealkylation sites (N-methyl/N-ethyl adjacent to an activating group) is 2. The van der Waals surface area contributed by atoms with Gasteiger partial charge in [0.05, 0.1) is 11.4 Å². The molecule has 130 valence electrons. The Morgan fingerprint density at radius 2 is 0.923 bits per heavy atom. The molecule has 0 aliphatic carbocycles. The van der Waals surface area contributed by atoms with Crippen LogP contribution in [0.2, 0.25) is 0 Å². The molecular formula is C20H14Br2N2S2. The van der Waals surface area contributed by atoms with Gasteiger partial charge in [-0.05, 0) is 35.4 Å². The molecule has 2 nitrogen and oxygen atoms in total. The van der Waals surface area contributed by atoms with E-state index in [0.29, 0.717) is 0 Å². The molecule has 0 spiro atoms. The lowest BCUT2D eigenvalue weighted by Crippen LogP contribution is -2.23. The number of benzene rings is 2. The highest BCUT2D eigenvalue weighted by Gasteiger charge is 2.42. The maximum Gasteiger partial charge on any atom is 0.116 e. The van der Waals surface area contributed by atoms with Crippen molar-refractivity contribution in [2.45, 2.75) is 0 Å². The lowest BCUT2D eigenvalue weighted by Gasteiger charge is -2.22. The van der Waals surface area contributed by atoms with E-state index in [9.17, 15) is 0 Å². The SMILES string of the molecule is CN1C(=S)C2=C(c3ccc(Br)cc3)N(C)C(=S)C2=C1c1ccc(Br)cc1. The number of hydrogen-bond donors (Lipinski definition) is 0. The van der Waals surface area contributed by atoms with Crippen LogP contribution in [0, 0.1) is 0 Å². The van der Waals surface area contributed by atoms with Crippen LogP contribution < -0.4 is 0 Å². The first kappa shape index (κ1) is 18.0. The number of fused-ring (bicyclic) bond motifs is 1. The van der Waals surface area contributed by atoms with Crippen LogP contribution in [0.4, 0.5) is 0 Å². The summed E-state index contributed by atoms with van der Waals surface area (Å²) in [7, 11) is 4.03. The Bertz CT molecular complexity index is 922. The van der Waals surface area contributed by atoms with Crippen molar-refractivity contribution in [2.24, 2.45) is 0 Å². The van der Waals surface area contributed by atoms with Gasteiger partial charge in [-0.15, -0.1) is 0 Å². The predicted octanol–water partition coefficient (Wildman–Crippen LogP) is 5.88. The van der Waals surface area contributed by atoms with Crippen LogP contribution in [-0.2, 0) is 0 Å². The summed E-state index contributed by atoms with van der Waals surface area (Å²) in [5.74, 6) is 0. The Morgan fingerprint density at radius 1 is 0.615 bits per heavy atom. The van der Waals surface area contributed by atoms with Gasteiger partial charge >= 0.3 is 0 Å². The predicted molar refractivity (Wildman–Crippen MR) is 123 cm³/mol. The maximum absolute atomic E-state index is 5.81. The fraction of sp³-hybridized carbons (Fsp3) is 0.100. The molecule has 0 N–H and O–H groups in total. The number of hydrogen-bond acceptors (Lipinski definition) is 2. The summed E-state index contributed by atoms with van der Waals surface area (Å²) < 4.78 is 2.10. The first-order valence-corrected chi connectivity index (χ1v) is 10.4. The van der Waals surface area contributed by atoms with Crippen molar-refractivity contribution in [3.05, 3.63) is 79.7 Å². The van der Waals surface area contributed by atoms with Gasteiger partial charge in [0.2, 0.25) is 0 Å². The highest BCUT2D eigenvalue weighted by atomic mass is 79.9. The average Bonchev–Trinajstić information content (AvgIpc) is 3.03. The quantitative estimate of drug-likeness (QED) is 0.470. The van der Waals surface area contributed by atoms with E-state index in [4.69, 9.17) is 24.4 Å². The molecule has 6 heteroatoms. The summed E-state index contributed by atoms with van der Waals surface area (Å²) in [5, 5.41) is 0. The van der Waals surface area contributed by atoms with E-state index in [-0.39, 0.29) is 0 Å². The second kappa shape index (κ2) is 6.68. The van der Waals surface area contributed by atoms with Gasteiger partial charge in [0, 0.05) is 34.2 Å². The smallest absolute Gasteiger partial charge is 0.116 e. The first-order chi connectivity index (χ1) is 12.4. The van der Waals surface area contributed by atoms with Gasteiger partial charge in [-0.2, -0.15) is 0 Å². The van der Waals surface area contributed by atoms with E-state index in [1.807, 2.05) is 38.4 Å². The Balaban J connectivity index is 1.97. The molecule has 2 aliphatic rings.